The van der Waals surface area contributed by atoms with E-state index < -0.39 is 6.17 Å². The van der Waals surface area contributed by atoms with E-state index in [1.165, 1.54) is 5.56 Å². The van der Waals surface area contributed by atoms with Crippen molar-refractivity contribution in [3.8, 4) is 0 Å². The van der Waals surface area contributed by atoms with Crippen LogP contribution >= 0.6 is 11.6 Å². The van der Waals surface area contributed by atoms with Gasteiger partial charge in [0.1, 0.15) is 12.0 Å². The van der Waals surface area contributed by atoms with Gasteiger partial charge in [0.2, 0.25) is 5.91 Å². The Bertz CT molecular complexity index is 1040. The van der Waals surface area contributed by atoms with Crippen LogP contribution in [0.3, 0.4) is 0 Å². The highest BCUT2D eigenvalue weighted by Crippen LogP contribution is 2.40. The summed E-state index contributed by atoms with van der Waals surface area (Å²) in [5.41, 5.74) is 1.01. The molecule has 1 N–H and O–H groups in total. The number of alkyl halides is 1. The number of fused-ring (bicyclic) bond motifs is 1. The predicted molar refractivity (Wildman–Crippen MR) is 134 cm³/mol. The molecule has 1 unspecified atom stereocenters. The van der Waals surface area contributed by atoms with Crippen LogP contribution < -0.4 is 5.32 Å². The van der Waals surface area contributed by atoms with Crippen LogP contribution in [0.4, 0.5) is 10.2 Å². The van der Waals surface area contributed by atoms with E-state index in [0.717, 1.165) is 60.9 Å². The van der Waals surface area contributed by atoms with Gasteiger partial charge in [0.25, 0.3) is 0 Å². The van der Waals surface area contributed by atoms with Crippen LogP contribution in [-0.4, -0.2) is 53.3 Å². The third kappa shape index (κ3) is 5.24. The van der Waals surface area contributed by atoms with Crippen LogP contribution in [0, 0.1) is 5.92 Å². The Balaban J connectivity index is 1.26. The minimum Gasteiger partial charge on any atom is -0.375 e. The monoisotopic (exact) mass is 487 g/mol. The van der Waals surface area contributed by atoms with Gasteiger partial charge >= 0.3 is 0 Å². The number of carbonyl (C=O) groups excluding carboxylic acids is 1. The number of anilines is 1. The molecule has 2 atom stereocenters. The summed E-state index contributed by atoms with van der Waals surface area (Å²) in [4.78, 5) is 19.5. The molecule has 1 aromatic heterocycles. The smallest absolute Gasteiger partial charge is 0.230 e. The fraction of sp³-hybridized carbons (Fsp3) is 0.630. The lowest BCUT2D eigenvalue weighted by atomic mass is 9.81. The molecule has 7 heteroatoms. The highest BCUT2D eigenvalue weighted by molar-refractivity contribution is 6.32. The first-order valence-electron chi connectivity index (χ1n) is 12.7. The van der Waals surface area contributed by atoms with Crippen LogP contribution in [0.5, 0.6) is 0 Å². The molecule has 5 nitrogen and oxygen atoms in total. The summed E-state index contributed by atoms with van der Waals surface area (Å²) in [5, 5.41) is 5.77. The molecule has 1 saturated carbocycles. The van der Waals surface area contributed by atoms with Gasteiger partial charge in [-0.15, -0.1) is 0 Å². The zero-order chi connectivity index (χ0) is 23.9. The Kier molecular flexibility index (Phi) is 6.84. The van der Waals surface area contributed by atoms with Crippen LogP contribution in [-0.2, 0) is 9.53 Å². The van der Waals surface area contributed by atoms with Crippen LogP contribution in [0.25, 0.3) is 10.8 Å². The second-order valence-electron chi connectivity index (χ2n) is 11.0. The molecule has 0 radical (unpaired) electrons. The normalized spacial score (nSPS) is 29.9. The van der Waals surface area contributed by atoms with E-state index in [1.54, 1.807) is 6.20 Å². The van der Waals surface area contributed by atoms with Gasteiger partial charge in [-0.2, -0.15) is 0 Å². The van der Waals surface area contributed by atoms with E-state index in [2.05, 4.69) is 35.1 Å². The number of aromatic nitrogens is 1. The second kappa shape index (κ2) is 9.71. The number of hydrogen-bond acceptors (Lipinski definition) is 4. The quantitative estimate of drug-likeness (QED) is 0.566. The van der Waals surface area contributed by atoms with E-state index >= 15 is 0 Å². The highest BCUT2D eigenvalue weighted by Gasteiger charge is 2.33. The van der Waals surface area contributed by atoms with Gasteiger partial charge in [0.05, 0.1) is 18.1 Å². The minimum absolute atomic E-state index is 0.0349. The molecule has 1 aliphatic carbocycles. The molecule has 0 bridgehead atoms. The van der Waals surface area contributed by atoms with Gasteiger partial charge in [-0.1, -0.05) is 11.6 Å². The van der Waals surface area contributed by atoms with Crippen molar-refractivity contribution in [2.45, 2.75) is 82.5 Å². The second-order valence-corrected chi connectivity index (χ2v) is 11.4. The van der Waals surface area contributed by atoms with E-state index in [9.17, 15) is 9.18 Å². The van der Waals surface area contributed by atoms with Crippen molar-refractivity contribution >= 4 is 34.1 Å². The number of benzene rings is 1. The van der Waals surface area contributed by atoms with Crippen LogP contribution in [0.1, 0.15) is 70.3 Å². The Hall–Kier alpha value is -1.76. The molecule has 2 aliphatic heterocycles. The molecule has 0 spiro atoms. The Morgan fingerprint density at radius 3 is 2.62 bits per heavy atom. The van der Waals surface area contributed by atoms with Gasteiger partial charge < -0.3 is 10.1 Å². The van der Waals surface area contributed by atoms with Gasteiger partial charge in [-0.25, -0.2) is 9.37 Å². The number of rotatable bonds is 4. The topological polar surface area (TPSA) is 54.5 Å². The number of nitrogens with zero attached hydrogens (tertiary/aromatic N) is 2. The summed E-state index contributed by atoms with van der Waals surface area (Å²) in [5.74, 6) is 0.789. The zero-order valence-electron chi connectivity index (χ0n) is 20.2. The van der Waals surface area contributed by atoms with E-state index in [-0.39, 0.29) is 17.4 Å². The van der Waals surface area contributed by atoms with Crippen LogP contribution in [0.15, 0.2) is 24.4 Å². The summed E-state index contributed by atoms with van der Waals surface area (Å²) in [6.07, 6.45) is 7.78. The summed E-state index contributed by atoms with van der Waals surface area (Å²) < 4.78 is 19.5. The van der Waals surface area contributed by atoms with Gasteiger partial charge in [-0.05, 0) is 93.9 Å². The maximum Gasteiger partial charge on any atom is 0.230 e. The van der Waals surface area contributed by atoms with Gasteiger partial charge in [-0.3, -0.25) is 9.69 Å². The van der Waals surface area contributed by atoms with E-state index in [1.807, 2.05) is 12.1 Å². The minimum atomic E-state index is -0.659. The van der Waals surface area contributed by atoms with Crippen molar-refractivity contribution in [1.82, 2.24) is 9.88 Å². The lowest BCUT2D eigenvalue weighted by Gasteiger charge is -2.35. The summed E-state index contributed by atoms with van der Waals surface area (Å²) in [6, 6.07) is 6.59. The lowest BCUT2D eigenvalue weighted by molar-refractivity contribution is -0.131. The molecule has 3 aliphatic rings. The summed E-state index contributed by atoms with van der Waals surface area (Å²) in [6.45, 7) is 6.05. The number of likely N-dealkylation sites (tertiary alicyclic amines) is 1. The maximum absolute atomic E-state index is 13.6. The van der Waals surface area contributed by atoms with Crippen molar-refractivity contribution < 1.29 is 13.9 Å². The lowest BCUT2D eigenvalue weighted by Crippen LogP contribution is -2.38. The molecule has 2 saturated heterocycles. The first-order valence-corrected chi connectivity index (χ1v) is 13.1. The van der Waals surface area contributed by atoms with Crippen molar-refractivity contribution in [3.63, 3.8) is 0 Å². The standard InChI is InChI=1S/C27H35ClFN3O2/c1-27(2)9-7-18(16-34-27)26(33)31-25-13-19-11-23(24(28)12-20(19)14-30-25)17-3-5-22(6-4-17)32-10-8-21(29)15-32/h11-14,17-18,21-22H,3-10,15-16H2,1-2H3,(H,30,31,33)/t17-,18?,21-,22-/m1/s1. The largest absolute Gasteiger partial charge is 0.375 e. The molecule has 3 heterocycles. The highest BCUT2D eigenvalue weighted by atomic mass is 35.5. The van der Waals surface area contributed by atoms with Crippen molar-refractivity contribution in [2.24, 2.45) is 5.92 Å². The van der Waals surface area contributed by atoms with Crippen molar-refractivity contribution in [1.29, 1.82) is 0 Å². The molecule has 2 aromatic rings. The number of hydrogen-bond donors (Lipinski definition) is 1. The molecule has 34 heavy (non-hydrogen) atoms. The molecule has 184 valence electrons. The number of ether oxygens (including phenoxy) is 1. The SMILES string of the molecule is CC1(C)CCC(C(=O)Nc2cc3cc([C@H]4CC[C@H](N5CC[C@@H](F)C5)CC4)c(Cl)cc3cn2)CO1. The van der Waals surface area contributed by atoms with Crippen molar-refractivity contribution in [2.75, 3.05) is 25.0 Å². The first kappa shape index (κ1) is 24.0. The molecule has 1 aromatic carbocycles. The van der Waals surface area contributed by atoms with Crippen LogP contribution in [0.2, 0.25) is 5.02 Å². The maximum atomic E-state index is 13.6. The Labute approximate surface area is 206 Å². The average Bonchev–Trinajstić information content (AvgIpc) is 3.25. The number of pyridine rings is 1. The van der Waals surface area contributed by atoms with Crippen molar-refractivity contribution in [3.05, 3.63) is 35.0 Å². The number of carbonyl (C=O) groups is 1. The third-order valence-electron chi connectivity index (χ3n) is 8.04. The molecule has 3 fully saturated rings. The van der Waals surface area contributed by atoms with Gasteiger partial charge in [0, 0.05) is 35.7 Å². The Morgan fingerprint density at radius 1 is 1.15 bits per heavy atom. The van der Waals surface area contributed by atoms with E-state index in [4.69, 9.17) is 16.3 Å². The summed E-state index contributed by atoms with van der Waals surface area (Å²) in [7, 11) is 0. The zero-order valence-corrected chi connectivity index (χ0v) is 20.9. The molecular formula is C27H35ClFN3O2. The average molecular weight is 488 g/mol. The molecule has 1 amide bonds. The number of nitrogens with one attached hydrogen (secondary N) is 1. The third-order valence-corrected chi connectivity index (χ3v) is 8.37. The first-order chi connectivity index (χ1) is 16.3. The molecular weight excluding hydrogens is 453 g/mol. The van der Waals surface area contributed by atoms with Gasteiger partial charge in [0.15, 0.2) is 0 Å². The number of amides is 1. The number of halogens is 2. The summed E-state index contributed by atoms with van der Waals surface area (Å²) >= 11 is 6.70. The predicted octanol–water partition coefficient (Wildman–Crippen LogP) is 6.10. The Morgan fingerprint density at radius 2 is 1.94 bits per heavy atom. The fourth-order valence-corrected chi connectivity index (χ4v) is 6.16. The van der Waals surface area contributed by atoms with E-state index in [0.29, 0.717) is 37.4 Å². The fourth-order valence-electron chi connectivity index (χ4n) is 5.83. The molecule has 5 rings (SSSR count).